The molecule has 0 fully saturated rings. The first-order valence-electron chi connectivity index (χ1n) is 9.33. The van der Waals surface area contributed by atoms with E-state index in [-0.39, 0.29) is 24.1 Å². The van der Waals surface area contributed by atoms with Crippen LogP contribution in [0.1, 0.15) is 38.4 Å². The van der Waals surface area contributed by atoms with E-state index in [0.29, 0.717) is 22.1 Å². The van der Waals surface area contributed by atoms with E-state index < -0.39 is 0 Å². The lowest BCUT2D eigenvalue weighted by atomic mass is 10.1. The van der Waals surface area contributed by atoms with E-state index in [0.717, 1.165) is 23.2 Å². The molecular formula is C22H22FN3O2S. The Kier molecular flexibility index (Phi) is 6.72. The quantitative estimate of drug-likeness (QED) is 0.610. The highest BCUT2D eigenvalue weighted by atomic mass is 32.1. The fourth-order valence-corrected chi connectivity index (χ4v) is 3.87. The van der Waals surface area contributed by atoms with Gasteiger partial charge in [-0.25, -0.2) is 9.37 Å². The number of amides is 2. The lowest BCUT2D eigenvalue weighted by molar-refractivity contribution is -0.115. The molecule has 0 radical (unpaired) electrons. The number of thiazole rings is 1. The summed E-state index contributed by atoms with van der Waals surface area (Å²) in [5.74, 6) is -0.743. The zero-order valence-electron chi connectivity index (χ0n) is 16.3. The number of aryl methyl sites for hydroxylation is 2. The van der Waals surface area contributed by atoms with Crippen LogP contribution in [0.2, 0.25) is 0 Å². The van der Waals surface area contributed by atoms with Crippen molar-refractivity contribution in [1.29, 1.82) is 0 Å². The predicted molar refractivity (Wildman–Crippen MR) is 113 cm³/mol. The summed E-state index contributed by atoms with van der Waals surface area (Å²) in [6.45, 7) is 4.07. The van der Waals surface area contributed by atoms with Crippen LogP contribution in [0.3, 0.4) is 0 Å². The third-order valence-corrected chi connectivity index (χ3v) is 5.55. The van der Waals surface area contributed by atoms with E-state index in [9.17, 15) is 14.0 Å². The van der Waals surface area contributed by atoms with Crippen molar-refractivity contribution in [2.75, 3.05) is 5.32 Å². The number of nitrogens with one attached hydrogen (secondary N) is 2. The summed E-state index contributed by atoms with van der Waals surface area (Å²) >= 11 is 1.21. The number of hydrogen-bond acceptors (Lipinski definition) is 4. The number of rotatable bonds is 7. The Morgan fingerprint density at radius 2 is 1.83 bits per heavy atom. The third kappa shape index (κ3) is 5.48. The van der Waals surface area contributed by atoms with Crippen LogP contribution in [0.15, 0.2) is 48.5 Å². The number of hydrogen-bond donors (Lipinski definition) is 2. The summed E-state index contributed by atoms with van der Waals surface area (Å²) in [6.07, 6.45) is 0.931. The normalized spacial score (nSPS) is 10.6. The zero-order chi connectivity index (χ0) is 20.8. The first kappa shape index (κ1) is 20.7. The Balaban J connectivity index is 1.61. The van der Waals surface area contributed by atoms with Crippen LogP contribution in [-0.2, 0) is 24.2 Å². The van der Waals surface area contributed by atoms with Crippen LogP contribution in [0.25, 0.3) is 0 Å². The van der Waals surface area contributed by atoms with Gasteiger partial charge in [0.05, 0.1) is 12.1 Å². The van der Waals surface area contributed by atoms with Crippen molar-refractivity contribution in [3.8, 4) is 0 Å². The summed E-state index contributed by atoms with van der Waals surface area (Å²) in [6, 6.07) is 13.6. The van der Waals surface area contributed by atoms with Gasteiger partial charge < -0.3 is 10.6 Å². The van der Waals surface area contributed by atoms with Gasteiger partial charge in [-0.2, -0.15) is 0 Å². The Hall–Kier alpha value is -3.06. The van der Waals surface area contributed by atoms with Crippen molar-refractivity contribution in [2.24, 2.45) is 0 Å². The molecule has 2 amide bonds. The summed E-state index contributed by atoms with van der Waals surface area (Å²) < 4.78 is 13.0. The van der Waals surface area contributed by atoms with Crippen molar-refractivity contribution in [1.82, 2.24) is 10.3 Å². The highest BCUT2D eigenvalue weighted by molar-refractivity contribution is 7.13. The monoisotopic (exact) mass is 411 g/mol. The minimum atomic E-state index is -0.317. The smallest absolute Gasteiger partial charge is 0.263 e. The van der Waals surface area contributed by atoms with Crippen molar-refractivity contribution < 1.29 is 14.0 Å². The number of anilines is 1. The molecule has 0 bridgehead atoms. The molecule has 0 spiro atoms. The molecule has 150 valence electrons. The fourth-order valence-electron chi connectivity index (χ4n) is 2.89. The van der Waals surface area contributed by atoms with Crippen molar-refractivity contribution in [2.45, 2.75) is 33.2 Å². The van der Waals surface area contributed by atoms with Gasteiger partial charge in [-0.15, -0.1) is 11.3 Å². The molecule has 0 unspecified atom stereocenters. The van der Waals surface area contributed by atoms with Crippen molar-refractivity contribution >= 4 is 28.8 Å². The highest BCUT2D eigenvalue weighted by Crippen LogP contribution is 2.20. The number of carbonyl (C=O) groups is 2. The Morgan fingerprint density at radius 3 is 2.55 bits per heavy atom. The molecule has 1 heterocycles. The SMILES string of the molecule is CCc1ccccc1NC(=O)Cc1nc(C)c(C(=O)NCc2ccc(F)cc2)s1. The van der Waals surface area contributed by atoms with E-state index in [1.165, 1.54) is 23.5 Å². The molecule has 7 heteroatoms. The standard InChI is InChI=1S/C22H22FN3O2S/c1-3-16-6-4-5-7-18(16)26-19(27)12-20-25-14(2)21(29-20)22(28)24-13-15-8-10-17(23)11-9-15/h4-11H,3,12-13H2,1-2H3,(H,24,28)(H,26,27). The van der Waals surface area contributed by atoms with E-state index >= 15 is 0 Å². The van der Waals surface area contributed by atoms with Gasteiger partial charge in [0.2, 0.25) is 5.91 Å². The summed E-state index contributed by atoms with van der Waals surface area (Å²) in [7, 11) is 0. The molecule has 2 aromatic carbocycles. The molecule has 2 N–H and O–H groups in total. The maximum absolute atomic E-state index is 13.0. The van der Waals surface area contributed by atoms with Crippen molar-refractivity contribution in [3.05, 3.63) is 81.1 Å². The number of para-hydroxylation sites is 1. The van der Waals surface area contributed by atoms with Crippen molar-refractivity contribution in [3.63, 3.8) is 0 Å². The largest absolute Gasteiger partial charge is 0.347 e. The molecule has 0 saturated heterocycles. The summed E-state index contributed by atoms with van der Waals surface area (Å²) in [4.78, 5) is 29.7. The number of benzene rings is 2. The maximum Gasteiger partial charge on any atom is 0.263 e. The number of carbonyl (C=O) groups excluding carboxylic acids is 2. The van der Waals surface area contributed by atoms with Crippen LogP contribution in [0, 0.1) is 12.7 Å². The molecule has 3 aromatic rings. The van der Waals surface area contributed by atoms with Gasteiger partial charge in [-0.05, 0) is 42.7 Å². The lowest BCUT2D eigenvalue weighted by Gasteiger charge is -2.08. The second kappa shape index (κ2) is 9.43. The molecule has 1 aromatic heterocycles. The van der Waals surface area contributed by atoms with Gasteiger partial charge in [0.25, 0.3) is 5.91 Å². The van der Waals surface area contributed by atoms with Gasteiger partial charge in [-0.1, -0.05) is 37.3 Å². The zero-order valence-corrected chi connectivity index (χ0v) is 17.1. The van der Waals surface area contributed by atoms with Crippen LogP contribution in [-0.4, -0.2) is 16.8 Å². The summed E-state index contributed by atoms with van der Waals surface area (Å²) in [5.41, 5.74) is 3.25. The third-order valence-electron chi connectivity index (χ3n) is 4.40. The molecule has 3 rings (SSSR count). The fraction of sp³-hybridized carbons (Fsp3) is 0.227. The number of halogens is 1. The van der Waals surface area contributed by atoms with E-state index in [1.807, 2.05) is 31.2 Å². The average molecular weight is 412 g/mol. The topological polar surface area (TPSA) is 71.1 Å². The molecule has 0 aliphatic rings. The van der Waals surface area contributed by atoms with Crippen LogP contribution in [0.4, 0.5) is 10.1 Å². The summed E-state index contributed by atoms with van der Waals surface area (Å²) in [5, 5.41) is 6.31. The van der Waals surface area contributed by atoms with Gasteiger partial charge in [0.1, 0.15) is 15.7 Å². The van der Waals surface area contributed by atoms with E-state index in [1.54, 1.807) is 19.1 Å². The first-order valence-corrected chi connectivity index (χ1v) is 10.1. The van der Waals surface area contributed by atoms with Crippen LogP contribution in [0.5, 0.6) is 0 Å². The lowest BCUT2D eigenvalue weighted by Crippen LogP contribution is -2.22. The van der Waals surface area contributed by atoms with E-state index in [2.05, 4.69) is 15.6 Å². The predicted octanol–water partition coefficient (Wildman–Crippen LogP) is 4.26. The first-order chi connectivity index (χ1) is 14.0. The molecule has 0 saturated carbocycles. The Labute approximate surface area is 173 Å². The van der Waals surface area contributed by atoms with Gasteiger partial charge in [0.15, 0.2) is 0 Å². The molecule has 0 atom stereocenters. The molecule has 5 nitrogen and oxygen atoms in total. The van der Waals surface area contributed by atoms with E-state index in [4.69, 9.17) is 0 Å². The van der Waals surface area contributed by atoms with Gasteiger partial charge >= 0.3 is 0 Å². The average Bonchev–Trinajstić information content (AvgIpc) is 3.07. The minimum Gasteiger partial charge on any atom is -0.347 e. The van der Waals surface area contributed by atoms with Gasteiger partial charge in [0, 0.05) is 12.2 Å². The van der Waals surface area contributed by atoms with Gasteiger partial charge in [-0.3, -0.25) is 9.59 Å². The Bertz CT molecular complexity index is 1020. The molecule has 0 aliphatic carbocycles. The highest BCUT2D eigenvalue weighted by Gasteiger charge is 2.17. The molecular weight excluding hydrogens is 389 g/mol. The number of aromatic nitrogens is 1. The maximum atomic E-state index is 13.0. The second-order valence-corrected chi connectivity index (χ2v) is 7.65. The molecule has 0 aliphatic heterocycles. The van der Waals surface area contributed by atoms with Crippen LogP contribution < -0.4 is 10.6 Å². The molecule has 29 heavy (non-hydrogen) atoms. The van der Waals surface area contributed by atoms with Crippen LogP contribution >= 0.6 is 11.3 Å². The minimum absolute atomic E-state index is 0.106. The second-order valence-electron chi connectivity index (χ2n) is 6.57. The number of nitrogens with zero attached hydrogens (tertiary/aromatic N) is 1. The Morgan fingerprint density at radius 1 is 1.10 bits per heavy atom.